The number of para-hydroxylation sites is 1. The second kappa shape index (κ2) is 25.9. The van der Waals surface area contributed by atoms with E-state index in [1.54, 1.807) is 25.2 Å². The van der Waals surface area contributed by atoms with Gasteiger partial charge in [-0.3, -0.25) is 33.6 Å². The van der Waals surface area contributed by atoms with Gasteiger partial charge in [0.15, 0.2) is 5.75 Å². The van der Waals surface area contributed by atoms with Gasteiger partial charge >= 0.3 is 0 Å². The summed E-state index contributed by atoms with van der Waals surface area (Å²) >= 11 is 0. The molecule has 0 bridgehead atoms. The largest absolute Gasteiger partial charge is 0.595 e. The first-order valence-electron chi connectivity index (χ1n) is 25.2. The summed E-state index contributed by atoms with van der Waals surface area (Å²) in [5, 5.41) is 45.7. The zero-order valence-electron chi connectivity index (χ0n) is 44.6. The topological polar surface area (TPSA) is 259 Å². The van der Waals surface area contributed by atoms with E-state index in [2.05, 4.69) is 33.2 Å². The third-order valence-corrected chi connectivity index (χ3v) is 13.3. The summed E-state index contributed by atoms with van der Waals surface area (Å²) in [6.07, 6.45) is 7.20. The highest BCUT2D eigenvalue weighted by Gasteiger charge is 2.39. The van der Waals surface area contributed by atoms with Crippen molar-refractivity contribution in [3.8, 4) is 5.75 Å². The Labute approximate surface area is 429 Å². The highest BCUT2D eigenvalue weighted by atomic mass is 16.8. The van der Waals surface area contributed by atoms with Crippen LogP contribution in [-0.2, 0) is 51.9 Å². The number of amides is 7. The Morgan fingerprint density at radius 1 is 0.712 bits per heavy atom. The first-order valence-corrected chi connectivity index (χ1v) is 25.2. The van der Waals surface area contributed by atoms with E-state index in [-0.39, 0.29) is 61.8 Å². The number of allylic oxidation sites excluding steroid dienone is 2. The van der Waals surface area contributed by atoms with E-state index in [1.807, 2.05) is 90.4 Å². The van der Waals surface area contributed by atoms with Gasteiger partial charge in [0, 0.05) is 50.1 Å². The Kier molecular flexibility index (Phi) is 20.9. The quantitative estimate of drug-likeness (QED) is 0.0623. The van der Waals surface area contributed by atoms with Crippen LogP contribution in [0.4, 0.5) is 5.69 Å². The number of likely N-dealkylation sites (N-methyl/N-ethyl adjacent to an activating group) is 2. The van der Waals surface area contributed by atoms with E-state index < -0.39 is 106 Å². The van der Waals surface area contributed by atoms with E-state index >= 15 is 4.79 Å². The first-order chi connectivity index (χ1) is 34.2. The number of aromatic hydroxyl groups is 1. The Morgan fingerprint density at radius 3 is 1.79 bits per heavy atom. The van der Waals surface area contributed by atoms with E-state index in [4.69, 9.17) is 0 Å². The number of hydrogen-bond acceptors (Lipinski definition) is 10. The van der Waals surface area contributed by atoms with Gasteiger partial charge in [-0.15, -0.1) is 6.58 Å². The summed E-state index contributed by atoms with van der Waals surface area (Å²) < 4.78 is 2.03. The van der Waals surface area contributed by atoms with Crippen molar-refractivity contribution in [2.24, 2.45) is 17.8 Å². The fraction of sp³-hybridized carbons (Fsp3) is 0.537. The SMILES string of the molecule is C=CC(C)(C)n1cc(CC2NC(=O)C(CC=CC)NC(=O)C(CC(C)C)NC(=O)C(CC(C)C)N(C)C(=O)C(C)NC(=O)C(Cc3ccc(O)c([NH+]([O-])O)c3)NC(=O)C(CC(C)C)N(C)C2=O)c2ccccc21. The molecule has 2 heterocycles. The Bertz CT molecular complexity index is 2500. The second-order valence-electron chi connectivity index (χ2n) is 21.1. The number of quaternary nitrogens is 1. The van der Waals surface area contributed by atoms with Crippen molar-refractivity contribution in [3.63, 3.8) is 0 Å². The number of nitrogens with zero attached hydrogens (tertiary/aromatic N) is 3. The molecule has 8 N–H and O–H groups in total. The van der Waals surface area contributed by atoms with Crippen LogP contribution < -0.4 is 31.8 Å². The van der Waals surface area contributed by atoms with Gasteiger partial charge in [-0.1, -0.05) is 84.0 Å². The lowest BCUT2D eigenvalue weighted by Gasteiger charge is -2.33. The maximum absolute atomic E-state index is 15.3. The van der Waals surface area contributed by atoms with Crippen molar-refractivity contribution in [3.05, 3.63) is 89.8 Å². The lowest BCUT2D eigenvalue weighted by atomic mass is 9.98. The van der Waals surface area contributed by atoms with Crippen LogP contribution in [0.25, 0.3) is 10.9 Å². The van der Waals surface area contributed by atoms with E-state index in [9.17, 15) is 44.3 Å². The minimum absolute atomic E-state index is 0.0148. The summed E-state index contributed by atoms with van der Waals surface area (Å²) in [6, 6.07) is 2.50. The van der Waals surface area contributed by atoms with Crippen molar-refractivity contribution in [1.29, 1.82) is 0 Å². The molecule has 0 saturated carbocycles. The van der Waals surface area contributed by atoms with Crippen molar-refractivity contribution in [1.82, 2.24) is 41.0 Å². The maximum Gasteiger partial charge on any atom is 0.245 e. The van der Waals surface area contributed by atoms with Gasteiger partial charge in [0.1, 0.15) is 42.3 Å². The molecule has 0 radical (unpaired) electrons. The maximum atomic E-state index is 15.3. The van der Waals surface area contributed by atoms with Crippen LogP contribution in [0, 0.1) is 23.0 Å². The van der Waals surface area contributed by atoms with Gasteiger partial charge < -0.3 is 51.3 Å². The minimum atomic E-state index is -1.47. The standard InChI is InChI=1S/C54H79N9O10/c1-14-16-20-38-47(65)59-41(29-36-30-62(54(10,11)15-2)42-21-18-17-19-37(36)42)53(71)61(13)45(26-33(7)8)51(69)58-40(27-35-22-23-46(64)43(28-35)63(72)73)48(66)55-34(9)52(70)60(12)44(25-32(5)6)50(68)57-39(24-31(3)4)49(67)56-38/h14-19,21-23,28,30-34,38-41,44-45,63-64,72H,2,20,24-27,29H2,1,3-13H3,(H,55,66)(H,56,67)(H,57,68)(H,58,69)(H,59,65). The molecule has 1 saturated heterocycles. The molecule has 19 nitrogen and oxygen atoms in total. The molecule has 1 fully saturated rings. The molecule has 8 unspecified atom stereocenters. The van der Waals surface area contributed by atoms with Crippen LogP contribution in [0.1, 0.15) is 106 Å². The number of benzene rings is 2. The molecule has 3 aromatic rings. The van der Waals surface area contributed by atoms with E-state index in [0.29, 0.717) is 5.56 Å². The number of fused-ring (bicyclic) bond motifs is 1. The normalized spacial score (nSPS) is 23.4. The molecule has 1 aromatic heterocycles. The third-order valence-electron chi connectivity index (χ3n) is 13.3. The van der Waals surface area contributed by atoms with Crippen molar-refractivity contribution >= 4 is 57.9 Å². The van der Waals surface area contributed by atoms with Crippen LogP contribution in [0.2, 0.25) is 0 Å². The lowest BCUT2D eigenvalue weighted by molar-refractivity contribution is -0.991. The molecule has 400 valence electrons. The predicted molar refractivity (Wildman–Crippen MR) is 279 cm³/mol. The lowest BCUT2D eigenvalue weighted by Crippen LogP contribution is -2.99. The van der Waals surface area contributed by atoms with Crippen molar-refractivity contribution < 1.29 is 49.1 Å². The number of carbonyl (C=O) groups is 7. The van der Waals surface area contributed by atoms with Gasteiger partial charge in [0.2, 0.25) is 47.0 Å². The van der Waals surface area contributed by atoms with Crippen molar-refractivity contribution in [2.45, 2.75) is 156 Å². The predicted octanol–water partition coefficient (Wildman–Crippen LogP) is 3.67. The van der Waals surface area contributed by atoms with Gasteiger partial charge in [-0.05, 0) is 94.4 Å². The summed E-state index contributed by atoms with van der Waals surface area (Å²) in [6.45, 7) is 22.4. The first kappa shape index (κ1) is 59.0. The number of carbonyl (C=O) groups excluding carboxylic acids is 7. The summed E-state index contributed by atoms with van der Waals surface area (Å²) in [4.78, 5) is 105. The number of aromatic nitrogens is 1. The number of nitrogens with one attached hydrogen (secondary N) is 6. The third kappa shape index (κ3) is 15.5. The molecular formula is C54H79N9O10. The molecular weight excluding hydrogens is 935 g/mol. The van der Waals surface area contributed by atoms with Gasteiger partial charge in [-0.25, -0.2) is 5.21 Å². The molecule has 4 rings (SSSR count). The Hall–Kier alpha value is -6.57. The second-order valence-corrected chi connectivity index (χ2v) is 21.1. The molecule has 2 aromatic carbocycles. The van der Waals surface area contributed by atoms with Crippen LogP contribution in [0.15, 0.2) is 73.5 Å². The fourth-order valence-electron chi connectivity index (χ4n) is 9.03. The molecule has 0 aliphatic carbocycles. The molecule has 1 aliphatic heterocycles. The molecule has 7 amide bonds. The summed E-state index contributed by atoms with van der Waals surface area (Å²) in [7, 11) is 2.85. The molecule has 19 heteroatoms. The van der Waals surface area contributed by atoms with E-state index in [1.165, 1.54) is 43.0 Å². The molecule has 0 spiro atoms. The van der Waals surface area contributed by atoms with E-state index in [0.717, 1.165) is 17.0 Å². The Morgan fingerprint density at radius 2 is 1.23 bits per heavy atom. The molecule has 8 atom stereocenters. The highest BCUT2D eigenvalue weighted by Crippen LogP contribution is 2.30. The molecule has 1 aliphatic rings. The van der Waals surface area contributed by atoms with Crippen LogP contribution >= 0.6 is 0 Å². The average molecular weight is 1010 g/mol. The zero-order valence-corrected chi connectivity index (χ0v) is 44.6. The number of phenolic OH excluding ortho intramolecular Hbond substituents is 1. The smallest absolute Gasteiger partial charge is 0.245 e. The van der Waals surface area contributed by atoms with Gasteiger partial charge in [0.05, 0.1) is 5.54 Å². The van der Waals surface area contributed by atoms with Crippen molar-refractivity contribution in [2.75, 3.05) is 14.1 Å². The summed E-state index contributed by atoms with van der Waals surface area (Å²) in [5.74, 6) is -5.88. The monoisotopic (exact) mass is 1010 g/mol. The minimum Gasteiger partial charge on any atom is -0.595 e. The number of rotatable bonds is 15. The molecule has 73 heavy (non-hydrogen) atoms. The number of hydrogen-bond donors (Lipinski definition) is 8. The summed E-state index contributed by atoms with van der Waals surface area (Å²) in [5.41, 5.74) is 0.757. The Balaban J connectivity index is 1.97. The van der Waals surface area contributed by atoms with Crippen LogP contribution in [0.3, 0.4) is 0 Å². The number of phenols is 1. The highest BCUT2D eigenvalue weighted by molar-refractivity contribution is 5.99. The van der Waals surface area contributed by atoms with Crippen LogP contribution in [-0.4, -0.2) is 122 Å². The zero-order chi connectivity index (χ0) is 54.6. The average Bonchev–Trinajstić information content (AvgIpc) is 3.70. The van der Waals surface area contributed by atoms with Gasteiger partial charge in [0.25, 0.3) is 0 Å². The fourth-order valence-corrected chi connectivity index (χ4v) is 9.03. The van der Waals surface area contributed by atoms with Crippen LogP contribution in [0.5, 0.6) is 5.75 Å². The van der Waals surface area contributed by atoms with Gasteiger partial charge in [-0.2, -0.15) is 5.23 Å².